The third-order valence-corrected chi connectivity index (χ3v) is 7.24. The van der Waals surface area contributed by atoms with Crippen LogP contribution in [0.1, 0.15) is 22.2 Å². The van der Waals surface area contributed by atoms with Gasteiger partial charge in [0, 0.05) is 30.8 Å². The number of halogens is 1. The summed E-state index contributed by atoms with van der Waals surface area (Å²) in [7, 11) is 3.99. The van der Waals surface area contributed by atoms with Gasteiger partial charge in [-0.1, -0.05) is 28.1 Å². The number of hydrogen-bond acceptors (Lipinski definition) is 6. The Morgan fingerprint density at radius 3 is 2.16 bits per heavy atom. The number of rotatable bonds is 8. The second-order valence-corrected chi connectivity index (χ2v) is 10.5. The number of sulfone groups is 1. The molecule has 0 fully saturated rings. The topological polar surface area (TPSA) is 82.9 Å². The molecule has 0 saturated carbocycles. The summed E-state index contributed by atoms with van der Waals surface area (Å²) in [5.41, 5.74) is 2.14. The molecule has 1 aromatic heterocycles. The first-order chi connectivity index (χ1) is 15.1. The summed E-state index contributed by atoms with van der Waals surface area (Å²) in [6.45, 7) is 0.336. The third-order valence-electron chi connectivity index (χ3n) is 5.07. The van der Waals surface area contributed by atoms with Crippen LogP contribution >= 0.6 is 15.9 Å². The van der Waals surface area contributed by atoms with Crippen LogP contribution in [0, 0.1) is 0 Å². The van der Waals surface area contributed by atoms with Gasteiger partial charge in [0.15, 0.2) is 5.76 Å². The Morgan fingerprint density at radius 1 is 0.969 bits per heavy atom. The highest BCUT2D eigenvalue weighted by Gasteiger charge is 2.24. The number of anilines is 1. The van der Waals surface area contributed by atoms with Crippen LogP contribution in [0.4, 0.5) is 5.69 Å². The second kappa shape index (κ2) is 9.89. The first-order valence-corrected chi connectivity index (χ1v) is 12.2. The molecule has 32 heavy (non-hydrogen) atoms. The molecule has 3 aromatic rings. The maximum absolute atomic E-state index is 12.7. The van der Waals surface area contributed by atoms with E-state index in [0.717, 1.165) is 15.7 Å². The zero-order valence-corrected chi connectivity index (χ0v) is 20.8. The first-order valence-electron chi connectivity index (χ1n) is 9.92. The summed E-state index contributed by atoms with van der Waals surface area (Å²) in [4.78, 5) is 16.8. The van der Waals surface area contributed by atoms with E-state index in [2.05, 4.69) is 21.2 Å². The van der Waals surface area contributed by atoms with Crippen molar-refractivity contribution in [3.63, 3.8) is 0 Å². The average molecular weight is 520 g/mol. The summed E-state index contributed by atoms with van der Waals surface area (Å²) in [5.74, 6) is -0.528. The standard InChI is InChI=1S/C23H26BrN3O4S/c1-26(2)18-9-5-16(6-10-18)20(27(3)4)15-25-23(28)21-13-14-22(31-21)32(29,30)19-11-7-17(24)8-12-19/h5-14,20H,15H2,1-4H3,(H,25,28). The summed E-state index contributed by atoms with van der Waals surface area (Å²) in [5, 5.41) is 2.57. The highest BCUT2D eigenvalue weighted by atomic mass is 79.9. The second-order valence-electron chi connectivity index (χ2n) is 7.75. The van der Waals surface area contributed by atoms with Gasteiger partial charge in [0.2, 0.25) is 14.9 Å². The molecule has 1 atom stereocenters. The normalized spacial score (nSPS) is 12.6. The largest absolute Gasteiger partial charge is 0.439 e. The fourth-order valence-corrected chi connectivity index (χ4v) is 4.62. The molecule has 1 unspecified atom stereocenters. The van der Waals surface area contributed by atoms with Gasteiger partial charge in [0.05, 0.1) is 10.9 Å². The molecule has 1 N–H and O–H groups in total. The van der Waals surface area contributed by atoms with E-state index in [-0.39, 0.29) is 21.8 Å². The molecule has 7 nitrogen and oxygen atoms in total. The van der Waals surface area contributed by atoms with Crippen molar-refractivity contribution in [3.8, 4) is 0 Å². The number of furan rings is 1. The summed E-state index contributed by atoms with van der Waals surface area (Å²) < 4.78 is 31.7. The van der Waals surface area contributed by atoms with Gasteiger partial charge in [-0.15, -0.1) is 0 Å². The molecule has 170 valence electrons. The van der Waals surface area contributed by atoms with Crippen LogP contribution in [-0.4, -0.2) is 54.0 Å². The molecule has 1 amide bonds. The molecule has 0 saturated heterocycles. The van der Waals surface area contributed by atoms with Crippen molar-refractivity contribution in [2.24, 2.45) is 0 Å². The van der Waals surface area contributed by atoms with E-state index < -0.39 is 15.7 Å². The Bertz CT molecular complexity index is 1170. The van der Waals surface area contributed by atoms with E-state index in [0.29, 0.717) is 6.54 Å². The number of likely N-dealkylation sites (N-methyl/N-ethyl adjacent to an activating group) is 1. The number of benzene rings is 2. The van der Waals surface area contributed by atoms with Gasteiger partial charge in [0.1, 0.15) is 0 Å². The number of carbonyl (C=O) groups is 1. The quantitative estimate of drug-likeness (QED) is 0.484. The Hall–Kier alpha value is -2.62. The van der Waals surface area contributed by atoms with Crippen molar-refractivity contribution in [3.05, 3.63) is 76.5 Å². The molecule has 0 radical (unpaired) electrons. The number of nitrogens with zero attached hydrogens (tertiary/aromatic N) is 2. The Kier molecular flexibility index (Phi) is 7.43. The van der Waals surface area contributed by atoms with Crippen molar-refractivity contribution < 1.29 is 17.6 Å². The van der Waals surface area contributed by atoms with Crippen molar-refractivity contribution >= 4 is 37.4 Å². The van der Waals surface area contributed by atoms with E-state index in [9.17, 15) is 13.2 Å². The Morgan fingerprint density at radius 2 is 1.59 bits per heavy atom. The minimum Gasteiger partial charge on any atom is -0.439 e. The zero-order chi connectivity index (χ0) is 23.5. The van der Waals surface area contributed by atoms with Crippen LogP contribution in [-0.2, 0) is 9.84 Å². The number of hydrogen-bond donors (Lipinski definition) is 1. The molecule has 0 aliphatic heterocycles. The smallest absolute Gasteiger partial charge is 0.287 e. The van der Waals surface area contributed by atoms with Gasteiger partial charge < -0.3 is 19.5 Å². The fourth-order valence-electron chi connectivity index (χ4n) is 3.19. The zero-order valence-electron chi connectivity index (χ0n) is 18.4. The monoisotopic (exact) mass is 519 g/mol. The lowest BCUT2D eigenvalue weighted by atomic mass is 10.1. The Balaban J connectivity index is 1.71. The van der Waals surface area contributed by atoms with Gasteiger partial charge in [-0.2, -0.15) is 0 Å². The van der Waals surface area contributed by atoms with Crippen LogP contribution in [0.2, 0.25) is 0 Å². The minimum atomic E-state index is -3.85. The molecule has 3 rings (SSSR count). The average Bonchev–Trinajstić information content (AvgIpc) is 3.25. The molecule has 2 aromatic carbocycles. The maximum atomic E-state index is 12.7. The Labute approximate surface area is 197 Å². The maximum Gasteiger partial charge on any atom is 0.287 e. The molecule has 0 aliphatic rings. The van der Waals surface area contributed by atoms with Crippen LogP contribution < -0.4 is 10.2 Å². The van der Waals surface area contributed by atoms with E-state index >= 15 is 0 Å². The molecule has 9 heteroatoms. The third kappa shape index (κ3) is 5.40. The van der Waals surface area contributed by atoms with Crippen LogP contribution in [0.3, 0.4) is 0 Å². The lowest BCUT2D eigenvalue weighted by Gasteiger charge is -2.25. The summed E-state index contributed by atoms with van der Waals surface area (Å²) in [6, 6.07) is 17.0. The molecule has 0 aliphatic carbocycles. The predicted molar refractivity (Wildman–Crippen MR) is 128 cm³/mol. The van der Waals surface area contributed by atoms with Crippen molar-refractivity contribution in [2.45, 2.75) is 16.0 Å². The van der Waals surface area contributed by atoms with Gasteiger partial charge in [0.25, 0.3) is 5.91 Å². The lowest BCUT2D eigenvalue weighted by Crippen LogP contribution is -2.34. The van der Waals surface area contributed by atoms with Crippen LogP contribution in [0.15, 0.2) is 79.5 Å². The number of nitrogens with one attached hydrogen (secondary N) is 1. The minimum absolute atomic E-state index is 0.0545. The van der Waals surface area contributed by atoms with Crippen LogP contribution in [0.25, 0.3) is 0 Å². The number of amides is 1. The van der Waals surface area contributed by atoms with Crippen LogP contribution in [0.5, 0.6) is 0 Å². The molecule has 1 heterocycles. The predicted octanol–water partition coefficient (Wildman–Crippen LogP) is 3.97. The number of carbonyl (C=O) groups excluding carboxylic acids is 1. The summed E-state index contributed by atoms with van der Waals surface area (Å²) >= 11 is 3.28. The molecule has 0 spiro atoms. The highest BCUT2D eigenvalue weighted by Crippen LogP contribution is 2.25. The summed E-state index contributed by atoms with van der Waals surface area (Å²) in [6.07, 6.45) is 0. The fraction of sp³-hybridized carbons (Fsp3) is 0.261. The van der Waals surface area contributed by atoms with Gasteiger partial charge >= 0.3 is 0 Å². The molecular weight excluding hydrogens is 494 g/mol. The van der Waals surface area contributed by atoms with Gasteiger partial charge in [-0.25, -0.2) is 8.42 Å². The van der Waals surface area contributed by atoms with E-state index in [1.165, 1.54) is 24.3 Å². The van der Waals surface area contributed by atoms with E-state index in [1.54, 1.807) is 12.1 Å². The van der Waals surface area contributed by atoms with Gasteiger partial charge in [-0.05, 0) is 68.2 Å². The van der Waals surface area contributed by atoms with E-state index in [4.69, 9.17) is 4.42 Å². The van der Waals surface area contributed by atoms with Gasteiger partial charge in [-0.3, -0.25) is 4.79 Å². The molecular formula is C23H26BrN3O4S. The lowest BCUT2D eigenvalue weighted by molar-refractivity contribution is 0.0909. The highest BCUT2D eigenvalue weighted by molar-refractivity contribution is 9.10. The SMILES string of the molecule is CN(C)c1ccc(C(CNC(=O)c2ccc(S(=O)(=O)c3ccc(Br)cc3)o2)N(C)C)cc1. The molecule has 0 bridgehead atoms. The van der Waals surface area contributed by atoms with Crippen molar-refractivity contribution in [1.29, 1.82) is 0 Å². The van der Waals surface area contributed by atoms with Crippen molar-refractivity contribution in [2.75, 3.05) is 39.6 Å². The van der Waals surface area contributed by atoms with Crippen molar-refractivity contribution in [1.82, 2.24) is 10.2 Å². The first kappa shape index (κ1) is 24.0. The van der Waals surface area contributed by atoms with E-state index in [1.807, 2.05) is 62.3 Å².